The van der Waals surface area contributed by atoms with Crippen LogP contribution < -0.4 is 0 Å². The first kappa shape index (κ1) is 37.1. The van der Waals surface area contributed by atoms with Crippen LogP contribution in [-0.2, 0) is 16.1 Å². The Morgan fingerprint density at radius 3 is 2.17 bits per heavy atom. The van der Waals surface area contributed by atoms with Crippen molar-refractivity contribution in [2.45, 2.75) is 64.6 Å². The van der Waals surface area contributed by atoms with Crippen molar-refractivity contribution >= 4 is 12.0 Å². The number of hydrogen-bond donors (Lipinski definition) is 1. The number of carboxylic acid groups (broad SMARTS) is 1. The zero-order valence-electron chi connectivity index (χ0n) is 31.1. The maximum Gasteiger partial charge on any atom is 0.407 e. The number of aromatic nitrogens is 1. The van der Waals surface area contributed by atoms with E-state index in [1.807, 2.05) is 76.3 Å². The van der Waals surface area contributed by atoms with Crippen LogP contribution in [0.1, 0.15) is 74.4 Å². The number of amides is 2. The lowest BCUT2D eigenvalue weighted by atomic mass is 9.82. The summed E-state index contributed by atoms with van der Waals surface area (Å²) in [5.74, 6) is -1.35. The van der Waals surface area contributed by atoms with E-state index in [-0.39, 0.29) is 37.0 Å². The molecule has 1 N–H and O–H groups in total. The number of halogens is 2. The predicted molar refractivity (Wildman–Crippen MR) is 206 cm³/mol. The van der Waals surface area contributed by atoms with Gasteiger partial charge in [-0.2, -0.15) is 0 Å². The van der Waals surface area contributed by atoms with Gasteiger partial charge < -0.3 is 24.2 Å². The second kappa shape index (κ2) is 15.6. The third-order valence-corrected chi connectivity index (χ3v) is 10.7. The van der Waals surface area contributed by atoms with Crippen LogP contribution in [0.5, 0.6) is 0 Å². The van der Waals surface area contributed by atoms with Crippen LogP contribution in [0.2, 0.25) is 0 Å². The minimum Gasteiger partial charge on any atom is -0.465 e. The van der Waals surface area contributed by atoms with Crippen molar-refractivity contribution in [2.24, 2.45) is 5.41 Å². The Labute approximate surface area is 315 Å². The molecule has 54 heavy (non-hydrogen) atoms. The van der Waals surface area contributed by atoms with E-state index >= 15 is 4.39 Å². The van der Waals surface area contributed by atoms with Gasteiger partial charge in [-0.15, -0.1) is 0 Å². The molecule has 1 unspecified atom stereocenters. The maximum absolute atomic E-state index is 15.3. The monoisotopic (exact) mass is 731 g/mol. The van der Waals surface area contributed by atoms with E-state index in [0.29, 0.717) is 31.6 Å². The molecular weight excluding hydrogens is 685 g/mol. The molecule has 2 atom stereocenters. The van der Waals surface area contributed by atoms with E-state index < -0.39 is 35.3 Å². The molecule has 2 heterocycles. The van der Waals surface area contributed by atoms with Crippen molar-refractivity contribution in [1.29, 1.82) is 0 Å². The Morgan fingerprint density at radius 1 is 0.870 bits per heavy atom. The van der Waals surface area contributed by atoms with Crippen LogP contribution in [0.3, 0.4) is 0 Å². The Bertz CT molecular complexity index is 2070. The third kappa shape index (κ3) is 7.69. The normalized spacial score (nSPS) is 15.8. The fraction of sp³-hybridized carbons (Fsp3) is 0.333. The highest BCUT2D eigenvalue weighted by atomic mass is 19.1. The molecule has 9 heteroatoms. The number of nitrogens with zero attached hydrogens (tertiary/aromatic N) is 3. The summed E-state index contributed by atoms with van der Waals surface area (Å²) in [6.07, 6.45) is 1.96. The van der Waals surface area contributed by atoms with Crippen molar-refractivity contribution in [1.82, 2.24) is 14.4 Å². The Kier molecular flexibility index (Phi) is 10.7. The molecular formula is C45H47F2N3O4. The summed E-state index contributed by atoms with van der Waals surface area (Å²) in [6, 6.07) is 31.0. The molecule has 0 saturated carbocycles. The van der Waals surface area contributed by atoms with Crippen LogP contribution in [0.4, 0.5) is 13.6 Å². The molecule has 2 amide bonds. The van der Waals surface area contributed by atoms with Gasteiger partial charge in [0.1, 0.15) is 17.7 Å². The van der Waals surface area contributed by atoms with Gasteiger partial charge in [-0.25, -0.2) is 13.6 Å². The lowest BCUT2D eigenvalue weighted by molar-refractivity contribution is -0.146. The summed E-state index contributed by atoms with van der Waals surface area (Å²) >= 11 is 0. The molecule has 1 saturated heterocycles. The molecule has 1 aliphatic heterocycles. The standard InChI is InChI=1S/C45H47F2N3O4/c1-45(2,3)42(40-25-31(37-26-32(46)20-21-39(37)47)28-49(40)27-30-13-5-4-6-14-30)50(43(51)41-19-11-24-54-41)23-12-22-48(44(52)53)29-38-35-17-9-7-15-33(35)34-16-8-10-18-36(34)38/h4-10,13-18,20-21,25-26,28,38,41-42H,11-12,19,22-24,27,29H2,1-3H3,(H,52,53)/t41-,42?/m0/s1. The number of carbonyl (C=O) groups is 2. The number of benzene rings is 4. The fourth-order valence-electron chi connectivity index (χ4n) is 8.31. The molecule has 1 aliphatic carbocycles. The van der Waals surface area contributed by atoms with Gasteiger partial charge in [0.05, 0.1) is 6.04 Å². The first-order chi connectivity index (χ1) is 26.0. The van der Waals surface area contributed by atoms with Crippen LogP contribution in [0.25, 0.3) is 22.3 Å². The van der Waals surface area contributed by atoms with Gasteiger partial charge in [0, 0.05) is 61.7 Å². The van der Waals surface area contributed by atoms with Crippen LogP contribution in [0.15, 0.2) is 109 Å². The van der Waals surface area contributed by atoms with E-state index in [0.717, 1.165) is 52.1 Å². The van der Waals surface area contributed by atoms with E-state index in [9.17, 15) is 19.1 Å². The lowest BCUT2D eigenvalue weighted by Gasteiger charge is -2.42. The molecule has 7 rings (SSSR count). The SMILES string of the molecule is CC(C)(C)C(c1cc(-c2cc(F)ccc2F)cn1Cc1ccccc1)N(CCCN(CC1c2ccccc2-c2ccccc21)C(=O)O)C(=O)[C@@H]1CCCO1. The number of fused-ring (bicyclic) bond motifs is 3. The summed E-state index contributed by atoms with van der Waals surface area (Å²) in [6.45, 7) is 7.90. The minimum absolute atomic E-state index is 0.108. The third-order valence-electron chi connectivity index (χ3n) is 10.7. The molecule has 5 aromatic rings. The van der Waals surface area contributed by atoms with E-state index in [1.165, 1.54) is 11.0 Å². The van der Waals surface area contributed by atoms with Gasteiger partial charge >= 0.3 is 6.09 Å². The average Bonchev–Trinajstić information content (AvgIpc) is 3.91. The second-order valence-electron chi connectivity index (χ2n) is 15.5. The fourth-order valence-corrected chi connectivity index (χ4v) is 8.31. The Balaban J connectivity index is 1.22. The largest absolute Gasteiger partial charge is 0.465 e. The molecule has 1 aromatic heterocycles. The molecule has 0 radical (unpaired) electrons. The van der Waals surface area contributed by atoms with E-state index in [1.54, 1.807) is 0 Å². The first-order valence-electron chi connectivity index (χ1n) is 18.8. The average molecular weight is 732 g/mol. The van der Waals surface area contributed by atoms with Crippen molar-refractivity contribution in [2.75, 3.05) is 26.2 Å². The van der Waals surface area contributed by atoms with Crippen molar-refractivity contribution < 1.29 is 28.2 Å². The quantitative estimate of drug-likeness (QED) is 0.139. The zero-order valence-corrected chi connectivity index (χ0v) is 31.1. The molecule has 0 bridgehead atoms. The summed E-state index contributed by atoms with van der Waals surface area (Å²) in [7, 11) is 0. The van der Waals surface area contributed by atoms with E-state index in [2.05, 4.69) is 45.0 Å². The highest BCUT2D eigenvalue weighted by molar-refractivity contribution is 5.82. The van der Waals surface area contributed by atoms with Crippen LogP contribution >= 0.6 is 0 Å². The van der Waals surface area contributed by atoms with E-state index in [4.69, 9.17) is 4.74 Å². The molecule has 4 aromatic carbocycles. The van der Waals surface area contributed by atoms with Crippen molar-refractivity contribution in [3.63, 3.8) is 0 Å². The number of ether oxygens (including phenoxy) is 1. The van der Waals surface area contributed by atoms with Crippen molar-refractivity contribution in [3.8, 4) is 22.3 Å². The smallest absolute Gasteiger partial charge is 0.407 e. The number of hydrogen-bond acceptors (Lipinski definition) is 3. The maximum atomic E-state index is 15.3. The summed E-state index contributed by atoms with van der Waals surface area (Å²) < 4.78 is 37.7. The van der Waals surface area contributed by atoms with Gasteiger partial charge in [-0.05, 0) is 76.8 Å². The molecule has 1 fully saturated rings. The van der Waals surface area contributed by atoms with Gasteiger partial charge in [0.25, 0.3) is 5.91 Å². The predicted octanol–water partition coefficient (Wildman–Crippen LogP) is 9.76. The molecule has 7 nitrogen and oxygen atoms in total. The number of carbonyl (C=O) groups excluding carboxylic acids is 1. The summed E-state index contributed by atoms with van der Waals surface area (Å²) in [4.78, 5) is 30.7. The number of rotatable bonds is 12. The van der Waals surface area contributed by atoms with Gasteiger partial charge in [0.15, 0.2) is 0 Å². The van der Waals surface area contributed by atoms with Gasteiger partial charge in [0.2, 0.25) is 0 Å². The summed E-state index contributed by atoms with van der Waals surface area (Å²) in [5, 5.41) is 10.5. The molecule has 0 spiro atoms. The molecule has 280 valence electrons. The summed E-state index contributed by atoms with van der Waals surface area (Å²) in [5.41, 5.74) is 6.37. The Hall–Kier alpha value is -5.28. The molecule has 2 aliphatic rings. The highest BCUT2D eigenvalue weighted by Crippen LogP contribution is 2.45. The second-order valence-corrected chi connectivity index (χ2v) is 15.5. The van der Waals surface area contributed by atoms with Crippen LogP contribution in [-0.4, -0.2) is 63.8 Å². The lowest BCUT2D eigenvalue weighted by Crippen LogP contribution is -2.47. The van der Waals surface area contributed by atoms with Gasteiger partial charge in [-0.3, -0.25) is 4.79 Å². The topological polar surface area (TPSA) is 75.0 Å². The highest BCUT2D eigenvalue weighted by Gasteiger charge is 2.40. The first-order valence-corrected chi connectivity index (χ1v) is 18.8. The van der Waals surface area contributed by atoms with Crippen molar-refractivity contribution in [3.05, 3.63) is 143 Å². The zero-order chi connectivity index (χ0) is 38.0. The Morgan fingerprint density at radius 2 is 1.54 bits per heavy atom. The van der Waals surface area contributed by atoms with Gasteiger partial charge in [-0.1, -0.05) is 99.6 Å². The minimum atomic E-state index is -1.01. The van der Waals surface area contributed by atoms with Crippen LogP contribution in [0, 0.1) is 17.0 Å².